The van der Waals surface area contributed by atoms with Gasteiger partial charge >= 0.3 is 0 Å². The molecule has 0 spiro atoms. The minimum Gasteiger partial charge on any atom is -0.336 e. The molecule has 3 atom stereocenters. The molecule has 1 heterocycles. The van der Waals surface area contributed by atoms with Crippen LogP contribution in [0.5, 0.6) is 0 Å². The van der Waals surface area contributed by atoms with Crippen LogP contribution < -0.4 is 0 Å². The normalized spacial score (nSPS) is 22.9. The zero-order chi connectivity index (χ0) is 13.1. The van der Waals surface area contributed by atoms with E-state index in [1.165, 1.54) is 0 Å². The van der Waals surface area contributed by atoms with Crippen molar-refractivity contribution in [1.82, 2.24) is 4.90 Å². The topological polar surface area (TPSA) is 49.7 Å². The summed E-state index contributed by atoms with van der Waals surface area (Å²) in [6, 6.07) is 9.71. The van der Waals surface area contributed by atoms with Gasteiger partial charge in [0.2, 0.25) is 5.91 Å². The van der Waals surface area contributed by atoms with Crippen molar-refractivity contribution < 1.29 is 4.79 Å². The van der Waals surface area contributed by atoms with Crippen LogP contribution in [0.15, 0.2) is 35.5 Å². The van der Waals surface area contributed by atoms with Crippen molar-refractivity contribution >= 4 is 5.91 Å². The van der Waals surface area contributed by atoms with Crippen molar-refractivity contribution in [3.63, 3.8) is 0 Å². The van der Waals surface area contributed by atoms with Gasteiger partial charge < -0.3 is 4.90 Å². The molecule has 0 N–H and O–H groups in total. The fourth-order valence-electron chi connectivity index (χ4n) is 2.46. The number of benzene rings is 1. The largest absolute Gasteiger partial charge is 0.336 e. The Kier molecular flexibility index (Phi) is 3.75. The van der Waals surface area contributed by atoms with E-state index < -0.39 is 0 Å². The second-order valence-corrected chi connectivity index (χ2v) is 4.94. The lowest BCUT2D eigenvalue weighted by atomic mass is 10.0. The van der Waals surface area contributed by atoms with Crippen LogP contribution >= 0.6 is 0 Å². The third-order valence-corrected chi connectivity index (χ3v) is 3.79. The summed E-state index contributed by atoms with van der Waals surface area (Å²) in [5, 5.41) is 3.04. The van der Waals surface area contributed by atoms with Crippen molar-refractivity contribution in [3.05, 3.63) is 40.8 Å². The number of likely N-dealkylation sites (tertiary alicyclic amines) is 1. The molecule has 2 rings (SSSR count). The van der Waals surface area contributed by atoms with E-state index in [4.69, 9.17) is 0 Å². The van der Waals surface area contributed by atoms with Crippen molar-refractivity contribution in [2.75, 3.05) is 6.54 Å². The lowest BCUT2D eigenvalue weighted by Crippen LogP contribution is -2.29. The van der Waals surface area contributed by atoms with Crippen molar-refractivity contribution in [2.45, 2.75) is 32.4 Å². The second kappa shape index (κ2) is 5.29. The van der Waals surface area contributed by atoms with E-state index in [0.717, 1.165) is 5.56 Å². The molecule has 0 aromatic heterocycles. The maximum Gasteiger partial charge on any atom is 0.223 e. The highest BCUT2D eigenvalue weighted by Gasteiger charge is 2.36. The maximum absolute atomic E-state index is 12.0. The predicted octanol–water partition coefficient (Wildman–Crippen LogP) is 2.75. The molecular weight excluding hydrogens is 228 g/mol. The van der Waals surface area contributed by atoms with E-state index >= 15 is 0 Å². The SMILES string of the molecule is CC(N=O)[C@H]1CC(=O)N([C@H](C)c2ccccc2)C1. The molecule has 0 saturated carbocycles. The van der Waals surface area contributed by atoms with Crippen LogP contribution in [-0.4, -0.2) is 23.4 Å². The number of carbonyl (C=O) groups is 1. The van der Waals surface area contributed by atoms with Crippen molar-refractivity contribution in [1.29, 1.82) is 0 Å². The van der Waals surface area contributed by atoms with Gasteiger partial charge in [0.1, 0.15) is 0 Å². The average Bonchev–Trinajstić information content (AvgIpc) is 2.80. The van der Waals surface area contributed by atoms with E-state index in [1.54, 1.807) is 6.92 Å². The van der Waals surface area contributed by atoms with E-state index in [0.29, 0.717) is 13.0 Å². The molecule has 4 nitrogen and oxygen atoms in total. The first kappa shape index (κ1) is 12.7. The van der Waals surface area contributed by atoms with Gasteiger partial charge in [0.15, 0.2) is 0 Å². The number of carbonyl (C=O) groups excluding carboxylic acids is 1. The number of nitrogens with zero attached hydrogens (tertiary/aromatic N) is 2. The molecule has 18 heavy (non-hydrogen) atoms. The van der Waals surface area contributed by atoms with E-state index in [9.17, 15) is 9.70 Å². The molecule has 96 valence electrons. The second-order valence-electron chi connectivity index (χ2n) is 4.94. The Morgan fingerprint density at radius 3 is 2.56 bits per heavy atom. The van der Waals surface area contributed by atoms with E-state index in [2.05, 4.69) is 5.18 Å². The molecule has 1 aromatic rings. The molecule has 0 radical (unpaired) electrons. The molecule has 1 amide bonds. The van der Waals surface area contributed by atoms with Crippen LogP contribution in [0, 0.1) is 10.8 Å². The molecule has 1 fully saturated rings. The van der Waals surface area contributed by atoms with Crippen LogP contribution in [0.2, 0.25) is 0 Å². The first-order chi connectivity index (χ1) is 8.63. The third kappa shape index (κ3) is 2.42. The number of hydrogen-bond acceptors (Lipinski definition) is 3. The molecule has 1 aromatic carbocycles. The number of nitroso groups, excluding NO2 is 1. The van der Waals surface area contributed by atoms with Gasteiger partial charge in [0.05, 0.1) is 12.1 Å². The van der Waals surface area contributed by atoms with Crippen LogP contribution in [0.4, 0.5) is 0 Å². The van der Waals surface area contributed by atoms with Crippen LogP contribution in [-0.2, 0) is 4.79 Å². The smallest absolute Gasteiger partial charge is 0.223 e. The number of rotatable bonds is 4. The van der Waals surface area contributed by atoms with Crippen LogP contribution in [0.1, 0.15) is 31.9 Å². The Morgan fingerprint density at radius 1 is 1.28 bits per heavy atom. The van der Waals surface area contributed by atoms with Gasteiger partial charge in [-0.3, -0.25) is 4.79 Å². The summed E-state index contributed by atoms with van der Waals surface area (Å²) in [4.78, 5) is 24.4. The molecular formula is C14H18N2O2. The molecule has 1 aliphatic heterocycles. The fraction of sp³-hybridized carbons (Fsp3) is 0.500. The third-order valence-electron chi connectivity index (χ3n) is 3.79. The van der Waals surface area contributed by atoms with Gasteiger partial charge in [-0.1, -0.05) is 35.5 Å². The van der Waals surface area contributed by atoms with E-state index in [1.807, 2.05) is 42.2 Å². The highest BCUT2D eigenvalue weighted by atomic mass is 16.3. The highest BCUT2D eigenvalue weighted by Crippen LogP contribution is 2.30. The summed E-state index contributed by atoms with van der Waals surface area (Å²) >= 11 is 0. The summed E-state index contributed by atoms with van der Waals surface area (Å²) in [7, 11) is 0. The molecule has 1 aliphatic rings. The fourth-order valence-corrected chi connectivity index (χ4v) is 2.46. The first-order valence-corrected chi connectivity index (χ1v) is 6.30. The molecule has 1 saturated heterocycles. The van der Waals surface area contributed by atoms with Crippen LogP contribution in [0.25, 0.3) is 0 Å². The Labute approximate surface area is 107 Å². The Hall–Kier alpha value is -1.71. The summed E-state index contributed by atoms with van der Waals surface area (Å²) < 4.78 is 0. The van der Waals surface area contributed by atoms with Crippen molar-refractivity contribution in [2.24, 2.45) is 11.1 Å². The molecule has 4 heteroatoms. The lowest BCUT2D eigenvalue weighted by Gasteiger charge is -2.25. The number of amides is 1. The summed E-state index contributed by atoms with van der Waals surface area (Å²) in [5.74, 6) is 0.174. The highest BCUT2D eigenvalue weighted by molar-refractivity contribution is 5.79. The van der Waals surface area contributed by atoms with Gasteiger partial charge in [0, 0.05) is 18.9 Å². The van der Waals surface area contributed by atoms with Gasteiger partial charge in [-0.05, 0) is 19.4 Å². The summed E-state index contributed by atoms with van der Waals surface area (Å²) in [6.45, 7) is 4.43. The summed E-state index contributed by atoms with van der Waals surface area (Å²) in [6.07, 6.45) is 0.435. The predicted molar refractivity (Wildman–Crippen MR) is 69.9 cm³/mol. The van der Waals surface area contributed by atoms with E-state index in [-0.39, 0.29) is 23.9 Å². The van der Waals surface area contributed by atoms with Gasteiger partial charge in [0.25, 0.3) is 0 Å². The average molecular weight is 246 g/mol. The molecule has 0 bridgehead atoms. The van der Waals surface area contributed by atoms with Gasteiger partial charge in [-0.25, -0.2) is 0 Å². The Morgan fingerprint density at radius 2 is 1.94 bits per heavy atom. The summed E-state index contributed by atoms with van der Waals surface area (Å²) in [5.41, 5.74) is 1.12. The number of hydrogen-bond donors (Lipinski definition) is 0. The lowest BCUT2D eigenvalue weighted by molar-refractivity contribution is -0.129. The Balaban J connectivity index is 2.10. The standard InChI is InChI=1S/C14H18N2O2/c1-10(15-18)13-8-14(17)16(9-13)11(2)12-6-4-3-5-7-12/h3-7,10-11,13H,8-9H2,1-2H3/t10?,11-,13+/m1/s1. The zero-order valence-electron chi connectivity index (χ0n) is 10.7. The minimum atomic E-state index is -0.290. The Bertz CT molecular complexity index is 433. The minimum absolute atomic E-state index is 0.0566. The molecule has 0 aliphatic carbocycles. The molecule has 1 unspecified atom stereocenters. The first-order valence-electron chi connectivity index (χ1n) is 6.30. The quantitative estimate of drug-likeness (QED) is 0.767. The monoisotopic (exact) mass is 246 g/mol. The zero-order valence-corrected chi connectivity index (χ0v) is 10.7. The van der Waals surface area contributed by atoms with Crippen molar-refractivity contribution in [3.8, 4) is 0 Å². The van der Waals surface area contributed by atoms with Gasteiger partial charge in [-0.2, -0.15) is 4.91 Å². The van der Waals surface area contributed by atoms with Gasteiger partial charge in [-0.15, -0.1) is 0 Å². The maximum atomic E-state index is 12.0. The van der Waals surface area contributed by atoms with Crippen LogP contribution in [0.3, 0.4) is 0 Å².